The highest BCUT2D eigenvalue weighted by Crippen LogP contribution is 2.71. The van der Waals surface area contributed by atoms with Gasteiger partial charge in [0.05, 0.1) is 12.7 Å². The Morgan fingerprint density at radius 1 is 1.31 bits per heavy atom. The van der Waals surface area contributed by atoms with E-state index in [4.69, 9.17) is 4.74 Å². The Morgan fingerprint density at radius 2 is 2.12 bits per heavy atom. The molecule has 5 heteroatoms. The molecule has 5 rings (SSSR count). The zero-order chi connectivity index (χ0) is 18.3. The normalized spacial score (nSPS) is 52.1. The maximum atomic E-state index is 12.5. The Kier molecular flexibility index (Phi) is 3.46. The molecule has 0 amide bonds. The van der Waals surface area contributed by atoms with E-state index in [1.165, 1.54) is 5.57 Å². The van der Waals surface area contributed by atoms with Crippen molar-refractivity contribution in [3.63, 3.8) is 0 Å². The van der Waals surface area contributed by atoms with Gasteiger partial charge < -0.3 is 14.9 Å². The molecular weight excluding hydrogens is 332 g/mol. The quantitative estimate of drug-likeness (QED) is 0.784. The molecule has 5 nitrogen and oxygen atoms in total. The fourth-order valence-corrected chi connectivity index (χ4v) is 7.77. The van der Waals surface area contributed by atoms with Gasteiger partial charge in [-0.1, -0.05) is 12.5 Å². The van der Waals surface area contributed by atoms with Crippen LogP contribution in [0.2, 0.25) is 0 Å². The van der Waals surface area contributed by atoms with Crippen LogP contribution in [0.5, 0.6) is 0 Å². The summed E-state index contributed by atoms with van der Waals surface area (Å²) in [5.74, 6) is 0.913. The van der Waals surface area contributed by atoms with E-state index in [1.807, 2.05) is 6.08 Å². The zero-order valence-corrected chi connectivity index (χ0v) is 15.4. The highest BCUT2D eigenvalue weighted by Gasteiger charge is 2.75. The minimum absolute atomic E-state index is 0.102. The van der Waals surface area contributed by atoms with Crippen LogP contribution in [0.3, 0.4) is 0 Å². The molecule has 4 aliphatic carbocycles. The molecule has 0 aromatic heterocycles. The van der Waals surface area contributed by atoms with Crippen LogP contribution in [-0.4, -0.2) is 46.7 Å². The molecule has 0 aromatic rings. The predicted octanol–water partition coefficient (Wildman–Crippen LogP) is 1.80. The Labute approximate surface area is 153 Å². The second kappa shape index (κ2) is 5.27. The molecule has 0 radical (unpaired) electrons. The third kappa shape index (κ3) is 1.78. The Morgan fingerprint density at radius 3 is 2.81 bits per heavy atom. The summed E-state index contributed by atoms with van der Waals surface area (Å²) in [7, 11) is 0. The summed E-state index contributed by atoms with van der Waals surface area (Å²) in [6.07, 6.45) is 6.86. The molecule has 0 bridgehead atoms. The second-order valence-electron chi connectivity index (χ2n) is 9.55. The first-order valence-electron chi connectivity index (χ1n) is 10.1. The number of Topliss-reactive ketones (excluding diaryl/α,β-unsaturated/α-hetero) is 1. The van der Waals surface area contributed by atoms with Crippen molar-refractivity contribution in [1.82, 2.24) is 0 Å². The highest BCUT2D eigenvalue weighted by atomic mass is 16.5. The van der Waals surface area contributed by atoms with Crippen molar-refractivity contribution in [1.29, 1.82) is 0 Å². The number of carbonyl (C=O) groups excluding carboxylic acids is 2. The molecule has 26 heavy (non-hydrogen) atoms. The van der Waals surface area contributed by atoms with E-state index in [1.54, 1.807) is 0 Å². The molecule has 1 saturated heterocycles. The average Bonchev–Trinajstić information content (AvgIpc) is 2.83. The molecule has 1 spiro atoms. The van der Waals surface area contributed by atoms with Gasteiger partial charge in [0.1, 0.15) is 12.2 Å². The van der Waals surface area contributed by atoms with Gasteiger partial charge in [0.25, 0.3) is 0 Å². The molecule has 1 aliphatic heterocycles. The number of allylic oxidation sites excluding steroid dienone is 1. The maximum absolute atomic E-state index is 12.5. The third-order valence-corrected chi connectivity index (χ3v) is 8.90. The molecule has 1 heterocycles. The lowest BCUT2D eigenvalue weighted by atomic mass is 9.44. The second-order valence-corrected chi connectivity index (χ2v) is 9.55. The Hall–Kier alpha value is -1.04. The first kappa shape index (κ1) is 17.1. The summed E-state index contributed by atoms with van der Waals surface area (Å²) in [6, 6.07) is 0. The summed E-state index contributed by atoms with van der Waals surface area (Å²) >= 11 is 0. The fraction of sp³-hybridized carbons (Fsp3) is 0.810. The van der Waals surface area contributed by atoms with E-state index < -0.39 is 18.3 Å². The fourth-order valence-electron chi connectivity index (χ4n) is 7.77. The highest BCUT2D eigenvalue weighted by molar-refractivity contribution is 5.92. The number of aliphatic hydroxyl groups excluding tert-OH is 2. The lowest BCUT2D eigenvalue weighted by Crippen LogP contribution is -2.71. The molecule has 2 N–H and O–H groups in total. The Balaban J connectivity index is 1.54. The standard InChI is InChI=1S/C21H28O5/c1-19-6-4-13(23)8-12(19)2-3-14-15-5-7-21(17(25)10-22)20(15,11-26-21)9-16(24)18(14)19/h8,14-16,18,22,24H,2-7,9-11H2,1H3/t14-,15-,16-,18?,19-,20+,21-/m0/s1. The summed E-state index contributed by atoms with van der Waals surface area (Å²) < 4.78 is 5.85. The molecule has 1 unspecified atom stereocenters. The van der Waals surface area contributed by atoms with Crippen LogP contribution in [-0.2, 0) is 14.3 Å². The van der Waals surface area contributed by atoms with Crippen LogP contribution < -0.4 is 0 Å². The average molecular weight is 360 g/mol. The van der Waals surface area contributed by atoms with Gasteiger partial charge >= 0.3 is 0 Å². The molecule has 142 valence electrons. The molecular formula is C21H28O5. The summed E-state index contributed by atoms with van der Waals surface area (Å²) in [5, 5.41) is 20.8. The van der Waals surface area contributed by atoms with Crippen molar-refractivity contribution in [3.8, 4) is 0 Å². The lowest BCUT2D eigenvalue weighted by Gasteiger charge is -2.65. The van der Waals surface area contributed by atoms with Gasteiger partial charge in [-0.15, -0.1) is 0 Å². The number of hydrogen-bond acceptors (Lipinski definition) is 5. The minimum Gasteiger partial charge on any atom is -0.393 e. The SMILES string of the molecule is C[C@]12CCC(=O)C=C1CC[C@@H]1C2[C@@H](O)C[C@]23CO[C@]2(C(=O)CO)CC[C@@H]13. The minimum atomic E-state index is -0.863. The molecule has 5 aliphatic rings. The number of rotatable bonds is 2. The van der Waals surface area contributed by atoms with Crippen molar-refractivity contribution < 1.29 is 24.5 Å². The number of aliphatic hydroxyl groups is 2. The lowest BCUT2D eigenvalue weighted by molar-refractivity contribution is -0.288. The summed E-state index contributed by atoms with van der Waals surface area (Å²) in [6.45, 7) is 2.29. The third-order valence-electron chi connectivity index (χ3n) is 8.90. The number of carbonyl (C=O) groups is 2. The number of fused-ring (bicyclic) bond motifs is 4. The smallest absolute Gasteiger partial charge is 0.190 e. The predicted molar refractivity (Wildman–Crippen MR) is 93.2 cm³/mol. The molecule has 4 fully saturated rings. The van der Waals surface area contributed by atoms with E-state index in [0.29, 0.717) is 37.7 Å². The number of hydrogen-bond donors (Lipinski definition) is 2. The van der Waals surface area contributed by atoms with E-state index in [-0.39, 0.29) is 28.3 Å². The van der Waals surface area contributed by atoms with Crippen molar-refractivity contribution in [2.45, 2.75) is 63.6 Å². The van der Waals surface area contributed by atoms with E-state index in [0.717, 1.165) is 25.7 Å². The van der Waals surface area contributed by atoms with E-state index in [9.17, 15) is 19.8 Å². The van der Waals surface area contributed by atoms with Crippen LogP contribution >= 0.6 is 0 Å². The molecule has 7 atom stereocenters. The Bertz CT molecular complexity index is 713. The van der Waals surface area contributed by atoms with Gasteiger partial charge in [-0.25, -0.2) is 0 Å². The summed E-state index contributed by atoms with van der Waals surface area (Å²) in [5.41, 5.74) is -0.0345. The monoisotopic (exact) mass is 360 g/mol. The maximum Gasteiger partial charge on any atom is 0.190 e. The van der Waals surface area contributed by atoms with Crippen LogP contribution in [0.1, 0.15) is 51.9 Å². The first-order valence-corrected chi connectivity index (χ1v) is 10.1. The largest absolute Gasteiger partial charge is 0.393 e. The van der Waals surface area contributed by atoms with Crippen LogP contribution in [0.25, 0.3) is 0 Å². The van der Waals surface area contributed by atoms with Gasteiger partial charge in [-0.2, -0.15) is 0 Å². The number of ether oxygens (including phenoxy) is 1. The molecule has 3 saturated carbocycles. The van der Waals surface area contributed by atoms with Crippen LogP contribution in [0.15, 0.2) is 11.6 Å². The van der Waals surface area contributed by atoms with Gasteiger partial charge in [0.15, 0.2) is 11.6 Å². The number of ketones is 2. The molecule has 0 aromatic carbocycles. The van der Waals surface area contributed by atoms with E-state index >= 15 is 0 Å². The van der Waals surface area contributed by atoms with Gasteiger partial charge in [0, 0.05) is 11.8 Å². The van der Waals surface area contributed by atoms with Crippen LogP contribution in [0, 0.1) is 28.6 Å². The van der Waals surface area contributed by atoms with E-state index in [2.05, 4.69) is 6.92 Å². The van der Waals surface area contributed by atoms with Crippen LogP contribution in [0.4, 0.5) is 0 Å². The van der Waals surface area contributed by atoms with Crippen molar-refractivity contribution in [3.05, 3.63) is 11.6 Å². The summed E-state index contributed by atoms with van der Waals surface area (Å²) in [4.78, 5) is 24.5. The van der Waals surface area contributed by atoms with Gasteiger partial charge in [-0.05, 0) is 67.8 Å². The topological polar surface area (TPSA) is 83.8 Å². The van der Waals surface area contributed by atoms with Crippen molar-refractivity contribution in [2.75, 3.05) is 13.2 Å². The van der Waals surface area contributed by atoms with Crippen molar-refractivity contribution >= 4 is 11.6 Å². The first-order chi connectivity index (χ1) is 12.4. The van der Waals surface area contributed by atoms with Gasteiger partial charge in [-0.3, -0.25) is 9.59 Å². The van der Waals surface area contributed by atoms with Gasteiger partial charge in [0.2, 0.25) is 0 Å². The van der Waals surface area contributed by atoms with Crippen molar-refractivity contribution in [2.24, 2.45) is 28.6 Å². The zero-order valence-electron chi connectivity index (χ0n) is 15.4.